The van der Waals surface area contributed by atoms with Gasteiger partial charge in [-0.05, 0) is 34.0 Å². The Hall–Kier alpha value is -1.82. The topological polar surface area (TPSA) is 0 Å². The lowest BCUT2D eigenvalue weighted by Crippen LogP contribution is -2.11. The van der Waals surface area contributed by atoms with Crippen LogP contribution in [0.4, 0.5) is 0 Å². The average molecular weight is 204 g/mol. The maximum absolute atomic E-state index is 2.36. The molecule has 0 aliphatic heterocycles. The molecule has 0 saturated heterocycles. The van der Waals surface area contributed by atoms with Crippen molar-refractivity contribution in [2.45, 2.75) is 11.8 Å². The minimum absolute atomic E-state index is 0.504. The summed E-state index contributed by atoms with van der Waals surface area (Å²) < 4.78 is 0. The summed E-state index contributed by atoms with van der Waals surface area (Å²) in [7, 11) is 0. The summed E-state index contributed by atoms with van der Waals surface area (Å²) in [6, 6.07) is 13.3. The molecule has 0 heterocycles. The van der Waals surface area contributed by atoms with Gasteiger partial charge < -0.3 is 0 Å². The van der Waals surface area contributed by atoms with Crippen molar-refractivity contribution in [3.8, 4) is 0 Å². The smallest absolute Gasteiger partial charge is 0.0202 e. The molecular weight excluding hydrogens is 192 g/mol. The van der Waals surface area contributed by atoms with E-state index in [1.165, 1.54) is 21.9 Å². The summed E-state index contributed by atoms with van der Waals surface area (Å²) in [5.41, 5.74) is 2.99. The number of rotatable bonds is 0. The molecule has 0 atom stereocenters. The Balaban J connectivity index is 2.08. The Morgan fingerprint density at radius 2 is 1.06 bits per heavy atom. The van der Waals surface area contributed by atoms with E-state index in [4.69, 9.17) is 0 Å². The molecule has 3 aliphatic rings. The lowest BCUT2D eigenvalue weighted by Gasteiger charge is -2.28. The lowest BCUT2D eigenvalue weighted by molar-refractivity contribution is 0.881. The highest BCUT2D eigenvalue weighted by atomic mass is 14.3. The van der Waals surface area contributed by atoms with E-state index in [0.29, 0.717) is 11.8 Å². The van der Waals surface area contributed by atoms with Gasteiger partial charge in [0.15, 0.2) is 0 Å². The quantitative estimate of drug-likeness (QED) is 0.565. The predicted octanol–water partition coefficient (Wildman–Crippen LogP) is 4.15. The SMILES string of the molecule is C1=CC2C=CC1c1cc3ccccc3cc12. The first-order chi connectivity index (χ1) is 7.92. The average Bonchev–Trinajstić information content (AvgIpc) is 2.38. The van der Waals surface area contributed by atoms with Crippen molar-refractivity contribution in [1.29, 1.82) is 0 Å². The fourth-order valence-electron chi connectivity index (χ4n) is 2.87. The van der Waals surface area contributed by atoms with Gasteiger partial charge in [-0.15, -0.1) is 0 Å². The molecule has 0 amide bonds. The first kappa shape index (κ1) is 8.35. The second kappa shape index (κ2) is 2.85. The third-order valence-electron chi connectivity index (χ3n) is 3.72. The Kier molecular flexibility index (Phi) is 1.49. The molecule has 2 bridgehead atoms. The molecular formula is C16H12. The van der Waals surface area contributed by atoms with Gasteiger partial charge in [-0.2, -0.15) is 0 Å². The monoisotopic (exact) mass is 204 g/mol. The molecule has 16 heavy (non-hydrogen) atoms. The molecule has 0 unspecified atom stereocenters. The van der Waals surface area contributed by atoms with Crippen LogP contribution in [0.25, 0.3) is 10.8 Å². The van der Waals surface area contributed by atoms with E-state index in [2.05, 4.69) is 60.7 Å². The second-order valence-electron chi connectivity index (χ2n) is 4.65. The van der Waals surface area contributed by atoms with Crippen LogP contribution in [0.3, 0.4) is 0 Å². The Morgan fingerprint density at radius 3 is 1.50 bits per heavy atom. The zero-order chi connectivity index (χ0) is 10.5. The number of allylic oxidation sites excluding steroid dienone is 4. The normalized spacial score (nSPS) is 25.0. The van der Waals surface area contributed by atoms with Gasteiger partial charge in [0.1, 0.15) is 0 Å². The van der Waals surface area contributed by atoms with Crippen molar-refractivity contribution < 1.29 is 0 Å². The van der Waals surface area contributed by atoms with Crippen molar-refractivity contribution in [2.24, 2.45) is 0 Å². The first-order valence-corrected chi connectivity index (χ1v) is 5.81. The van der Waals surface area contributed by atoms with E-state index in [-0.39, 0.29) is 0 Å². The Morgan fingerprint density at radius 1 is 0.625 bits per heavy atom. The fourth-order valence-corrected chi connectivity index (χ4v) is 2.87. The highest BCUT2D eigenvalue weighted by molar-refractivity contribution is 5.85. The van der Waals surface area contributed by atoms with E-state index in [1.807, 2.05) is 0 Å². The standard InChI is InChI=1S/C16H12/c1-2-4-14-10-16-12-7-5-11(6-8-12)15(16)9-13(14)3-1/h1-12H. The van der Waals surface area contributed by atoms with Crippen molar-refractivity contribution in [1.82, 2.24) is 0 Å². The zero-order valence-corrected chi connectivity index (χ0v) is 8.93. The largest absolute Gasteiger partial charge is 0.0763 e. The van der Waals surface area contributed by atoms with E-state index in [0.717, 1.165) is 0 Å². The maximum atomic E-state index is 2.36. The van der Waals surface area contributed by atoms with E-state index in [9.17, 15) is 0 Å². The Labute approximate surface area is 94.9 Å². The summed E-state index contributed by atoms with van der Waals surface area (Å²) in [6.45, 7) is 0. The maximum Gasteiger partial charge on any atom is 0.0202 e. The minimum atomic E-state index is 0.504. The van der Waals surface area contributed by atoms with Crippen molar-refractivity contribution in [3.05, 3.63) is 71.8 Å². The van der Waals surface area contributed by atoms with Crippen molar-refractivity contribution >= 4 is 10.8 Å². The van der Waals surface area contributed by atoms with E-state index >= 15 is 0 Å². The van der Waals surface area contributed by atoms with Gasteiger partial charge in [0.25, 0.3) is 0 Å². The summed E-state index contributed by atoms with van der Waals surface area (Å²) in [5, 5.41) is 2.71. The van der Waals surface area contributed by atoms with Crippen LogP contribution in [-0.2, 0) is 0 Å². The van der Waals surface area contributed by atoms with Gasteiger partial charge in [-0.1, -0.05) is 48.6 Å². The molecule has 0 N–H and O–H groups in total. The van der Waals surface area contributed by atoms with Crippen LogP contribution < -0.4 is 0 Å². The highest BCUT2D eigenvalue weighted by Crippen LogP contribution is 2.41. The van der Waals surface area contributed by atoms with Crippen LogP contribution >= 0.6 is 0 Å². The number of hydrogen-bond acceptors (Lipinski definition) is 0. The first-order valence-electron chi connectivity index (χ1n) is 5.81. The van der Waals surface area contributed by atoms with Gasteiger partial charge in [0, 0.05) is 11.8 Å². The van der Waals surface area contributed by atoms with Crippen molar-refractivity contribution in [3.63, 3.8) is 0 Å². The van der Waals surface area contributed by atoms with Crippen LogP contribution in [0.15, 0.2) is 60.7 Å². The summed E-state index contributed by atoms with van der Waals surface area (Å²) in [4.78, 5) is 0. The molecule has 0 saturated carbocycles. The van der Waals surface area contributed by atoms with Crippen LogP contribution in [0, 0.1) is 0 Å². The van der Waals surface area contributed by atoms with Gasteiger partial charge >= 0.3 is 0 Å². The molecule has 3 aliphatic carbocycles. The third kappa shape index (κ3) is 0.992. The van der Waals surface area contributed by atoms with Crippen LogP contribution in [0.5, 0.6) is 0 Å². The van der Waals surface area contributed by atoms with E-state index < -0.39 is 0 Å². The molecule has 2 aromatic carbocycles. The molecule has 0 radical (unpaired) electrons. The van der Waals surface area contributed by atoms with Crippen LogP contribution in [-0.4, -0.2) is 0 Å². The molecule has 2 aromatic rings. The van der Waals surface area contributed by atoms with Crippen LogP contribution in [0.1, 0.15) is 23.0 Å². The molecule has 0 fully saturated rings. The number of fused-ring (bicyclic) bond motifs is 1. The summed E-state index contributed by atoms with van der Waals surface area (Å²) >= 11 is 0. The van der Waals surface area contributed by atoms with Crippen LogP contribution in [0.2, 0.25) is 0 Å². The summed E-state index contributed by atoms with van der Waals surface area (Å²) in [6.07, 6.45) is 9.28. The van der Waals surface area contributed by atoms with Gasteiger partial charge in [0.2, 0.25) is 0 Å². The highest BCUT2D eigenvalue weighted by Gasteiger charge is 2.24. The van der Waals surface area contributed by atoms with Gasteiger partial charge in [-0.3, -0.25) is 0 Å². The third-order valence-corrected chi connectivity index (χ3v) is 3.72. The molecule has 0 heteroatoms. The second-order valence-corrected chi connectivity index (χ2v) is 4.65. The molecule has 76 valence electrons. The molecule has 0 aromatic heterocycles. The molecule has 0 nitrogen and oxygen atoms in total. The summed E-state index contributed by atoms with van der Waals surface area (Å²) in [5.74, 6) is 1.01. The van der Waals surface area contributed by atoms with E-state index in [1.54, 1.807) is 0 Å². The minimum Gasteiger partial charge on any atom is -0.0763 e. The van der Waals surface area contributed by atoms with Crippen molar-refractivity contribution in [2.75, 3.05) is 0 Å². The predicted molar refractivity (Wildman–Crippen MR) is 67.7 cm³/mol. The fraction of sp³-hybridized carbons (Fsp3) is 0.125. The number of benzene rings is 2. The van der Waals surface area contributed by atoms with Gasteiger partial charge in [0.05, 0.1) is 0 Å². The lowest BCUT2D eigenvalue weighted by atomic mass is 9.75. The number of hydrogen-bond donors (Lipinski definition) is 0. The molecule has 5 rings (SSSR count). The van der Waals surface area contributed by atoms with Gasteiger partial charge in [-0.25, -0.2) is 0 Å². The Bertz CT molecular complexity index is 563. The molecule has 0 spiro atoms. The zero-order valence-electron chi connectivity index (χ0n) is 8.93.